The average molecular weight is 284 g/mol. The van der Waals surface area contributed by atoms with Gasteiger partial charge in [-0.3, -0.25) is 4.79 Å². The number of hydrogen-bond donors (Lipinski definition) is 1. The molecule has 0 bridgehead atoms. The summed E-state index contributed by atoms with van der Waals surface area (Å²) in [5, 5.41) is 3.21. The standard InChI is InChI=1S/C14H22ClN3O/c1-8(2)6-10(5)17-14(19)12-11(15)7-16-13(18-12)9(3)4/h7-10H,6H2,1-5H3,(H,17,19). The summed E-state index contributed by atoms with van der Waals surface area (Å²) in [4.78, 5) is 20.5. The van der Waals surface area contributed by atoms with Crippen molar-refractivity contribution in [2.24, 2.45) is 5.92 Å². The molecule has 1 amide bonds. The molecule has 1 aromatic heterocycles. The quantitative estimate of drug-likeness (QED) is 0.901. The van der Waals surface area contributed by atoms with E-state index in [1.807, 2.05) is 20.8 Å². The molecule has 1 aromatic rings. The van der Waals surface area contributed by atoms with E-state index in [-0.39, 0.29) is 23.6 Å². The highest BCUT2D eigenvalue weighted by molar-refractivity contribution is 6.33. The van der Waals surface area contributed by atoms with E-state index >= 15 is 0 Å². The average Bonchev–Trinajstić information content (AvgIpc) is 2.27. The topological polar surface area (TPSA) is 54.9 Å². The van der Waals surface area contributed by atoms with Crippen LogP contribution in [0.15, 0.2) is 6.20 Å². The van der Waals surface area contributed by atoms with Crippen molar-refractivity contribution in [1.82, 2.24) is 15.3 Å². The summed E-state index contributed by atoms with van der Waals surface area (Å²) in [5.74, 6) is 1.09. The van der Waals surface area contributed by atoms with Crippen LogP contribution in [0.25, 0.3) is 0 Å². The Morgan fingerprint density at radius 2 is 1.95 bits per heavy atom. The summed E-state index contributed by atoms with van der Waals surface area (Å²) in [6.45, 7) is 10.2. The Hall–Kier alpha value is -1.16. The molecule has 0 aliphatic rings. The second-order valence-corrected chi connectivity index (χ2v) is 5.99. The largest absolute Gasteiger partial charge is 0.348 e. The second kappa shape index (κ2) is 6.85. The molecule has 0 radical (unpaired) electrons. The van der Waals surface area contributed by atoms with Crippen molar-refractivity contribution >= 4 is 17.5 Å². The molecule has 19 heavy (non-hydrogen) atoms. The number of aromatic nitrogens is 2. The van der Waals surface area contributed by atoms with Crippen molar-refractivity contribution in [3.63, 3.8) is 0 Å². The zero-order valence-electron chi connectivity index (χ0n) is 12.2. The molecule has 0 saturated carbocycles. The third kappa shape index (κ3) is 4.78. The predicted octanol–water partition coefficient (Wildman–Crippen LogP) is 3.42. The Morgan fingerprint density at radius 3 is 2.47 bits per heavy atom. The lowest BCUT2D eigenvalue weighted by atomic mass is 10.1. The van der Waals surface area contributed by atoms with Gasteiger partial charge in [0, 0.05) is 12.0 Å². The van der Waals surface area contributed by atoms with E-state index in [0.29, 0.717) is 16.8 Å². The zero-order chi connectivity index (χ0) is 14.6. The summed E-state index contributed by atoms with van der Waals surface area (Å²) in [6, 6.07) is 0.0982. The number of hydrogen-bond acceptors (Lipinski definition) is 3. The van der Waals surface area contributed by atoms with Crippen LogP contribution in [-0.4, -0.2) is 21.9 Å². The first-order chi connectivity index (χ1) is 8.81. The fourth-order valence-electron chi connectivity index (χ4n) is 1.88. The maximum atomic E-state index is 12.1. The number of carbonyl (C=O) groups is 1. The minimum absolute atomic E-state index is 0.0982. The van der Waals surface area contributed by atoms with Gasteiger partial charge in [-0.05, 0) is 19.3 Å². The number of nitrogens with zero attached hydrogens (tertiary/aromatic N) is 2. The molecule has 1 heterocycles. The molecule has 0 spiro atoms. The van der Waals surface area contributed by atoms with Crippen LogP contribution >= 0.6 is 11.6 Å². The zero-order valence-corrected chi connectivity index (χ0v) is 13.0. The first-order valence-corrected chi connectivity index (χ1v) is 7.02. The SMILES string of the molecule is CC(C)CC(C)NC(=O)c1nc(C(C)C)ncc1Cl. The van der Waals surface area contributed by atoms with Gasteiger partial charge in [0.15, 0.2) is 0 Å². The Labute approximate surface area is 120 Å². The highest BCUT2D eigenvalue weighted by atomic mass is 35.5. The summed E-state index contributed by atoms with van der Waals surface area (Å²) in [7, 11) is 0. The molecule has 0 aliphatic heterocycles. The van der Waals surface area contributed by atoms with Crippen LogP contribution in [0.3, 0.4) is 0 Å². The first kappa shape index (κ1) is 15.9. The smallest absolute Gasteiger partial charge is 0.271 e. The van der Waals surface area contributed by atoms with Crippen LogP contribution in [0.4, 0.5) is 0 Å². The predicted molar refractivity (Wildman–Crippen MR) is 77.5 cm³/mol. The van der Waals surface area contributed by atoms with Gasteiger partial charge in [-0.1, -0.05) is 39.3 Å². The maximum absolute atomic E-state index is 12.1. The van der Waals surface area contributed by atoms with Crippen molar-refractivity contribution in [1.29, 1.82) is 0 Å². The van der Waals surface area contributed by atoms with Gasteiger partial charge in [-0.2, -0.15) is 0 Å². The highest BCUT2D eigenvalue weighted by Crippen LogP contribution is 2.16. The summed E-state index contributed by atoms with van der Waals surface area (Å²) in [6.07, 6.45) is 2.41. The van der Waals surface area contributed by atoms with Gasteiger partial charge in [0.25, 0.3) is 5.91 Å². The van der Waals surface area contributed by atoms with E-state index in [2.05, 4.69) is 29.1 Å². The van der Waals surface area contributed by atoms with Crippen LogP contribution in [0.1, 0.15) is 63.3 Å². The van der Waals surface area contributed by atoms with Crippen molar-refractivity contribution in [2.45, 2.75) is 53.0 Å². The lowest BCUT2D eigenvalue weighted by Gasteiger charge is -2.16. The van der Waals surface area contributed by atoms with E-state index < -0.39 is 0 Å². The fraction of sp³-hybridized carbons (Fsp3) is 0.643. The Morgan fingerprint density at radius 1 is 1.32 bits per heavy atom. The third-order valence-corrected chi connectivity index (χ3v) is 2.97. The summed E-state index contributed by atoms with van der Waals surface area (Å²) >= 11 is 6.00. The van der Waals surface area contributed by atoms with Crippen LogP contribution in [0.2, 0.25) is 5.02 Å². The van der Waals surface area contributed by atoms with E-state index in [1.165, 1.54) is 6.20 Å². The van der Waals surface area contributed by atoms with Crippen LogP contribution in [0.5, 0.6) is 0 Å². The molecule has 0 fully saturated rings. The van der Waals surface area contributed by atoms with Gasteiger partial charge in [0.05, 0.1) is 11.2 Å². The van der Waals surface area contributed by atoms with Crippen molar-refractivity contribution < 1.29 is 4.79 Å². The molecule has 106 valence electrons. The van der Waals surface area contributed by atoms with E-state index in [4.69, 9.17) is 11.6 Å². The lowest BCUT2D eigenvalue weighted by molar-refractivity contribution is 0.0930. The molecule has 1 N–H and O–H groups in total. The first-order valence-electron chi connectivity index (χ1n) is 6.64. The normalized spacial score (nSPS) is 12.8. The number of carbonyl (C=O) groups excluding carboxylic acids is 1. The third-order valence-electron chi connectivity index (χ3n) is 2.70. The van der Waals surface area contributed by atoms with E-state index in [1.54, 1.807) is 0 Å². The summed E-state index contributed by atoms with van der Waals surface area (Å²) < 4.78 is 0. The summed E-state index contributed by atoms with van der Waals surface area (Å²) in [5.41, 5.74) is 0.260. The van der Waals surface area contributed by atoms with Crippen LogP contribution in [-0.2, 0) is 0 Å². The molecule has 0 saturated heterocycles. The van der Waals surface area contributed by atoms with Gasteiger partial charge < -0.3 is 5.32 Å². The van der Waals surface area contributed by atoms with Gasteiger partial charge in [0.1, 0.15) is 11.5 Å². The number of rotatable bonds is 5. The molecular formula is C14H22ClN3O. The molecule has 1 atom stereocenters. The van der Waals surface area contributed by atoms with Crippen LogP contribution in [0, 0.1) is 5.92 Å². The van der Waals surface area contributed by atoms with E-state index in [9.17, 15) is 4.79 Å². The van der Waals surface area contributed by atoms with Gasteiger partial charge in [-0.15, -0.1) is 0 Å². The van der Waals surface area contributed by atoms with Crippen LogP contribution < -0.4 is 5.32 Å². The molecule has 5 heteroatoms. The Balaban J connectivity index is 2.84. The molecule has 0 aliphatic carbocycles. The second-order valence-electron chi connectivity index (χ2n) is 5.58. The molecule has 1 unspecified atom stereocenters. The van der Waals surface area contributed by atoms with Crippen molar-refractivity contribution in [2.75, 3.05) is 0 Å². The van der Waals surface area contributed by atoms with Crippen molar-refractivity contribution in [3.8, 4) is 0 Å². The van der Waals surface area contributed by atoms with Gasteiger partial charge in [-0.25, -0.2) is 9.97 Å². The Bertz CT molecular complexity index is 446. The lowest BCUT2D eigenvalue weighted by Crippen LogP contribution is -2.34. The number of amides is 1. The molecule has 4 nitrogen and oxygen atoms in total. The van der Waals surface area contributed by atoms with Gasteiger partial charge >= 0.3 is 0 Å². The molecule has 0 aromatic carbocycles. The number of nitrogens with one attached hydrogen (secondary N) is 1. The monoisotopic (exact) mass is 283 g/mol. The molecule has 1 rings (SSSR count). The minimum atomic E-state index is -0.234. The fourth-order valence-corrected chi connectivity index (χ4v) is 2.05. The Kier molecular flexibility index (Phi) is 5.73. The van der Waals surface area contributed by atoms with Gasteiger partial charge in [0.2, 0.25) is 0 Å². The highest BCUT2D eigenvalue weighted by Gasteiger charge is 2.17. The molecular weight excluding hydrogens is 262 g/mol. The minimum Gasteiger partial charge on any atom is -0.348 e. The van der Waals surface area contributed by atoms with Crippen molar-refractivity contribution in [3.05, 3.63) is 22.7 Å². The number of halogens is 1. The maximum Gasteiger partial charge on any atom is 0.271 e. The van der Waals surface area contributed by atoms with E-state index in [0.717, 1.165) is 6.42 Å².